The highest BCUT2D eigenvalue weighted by atomic mass is 16.5. The zero-order chi connectivity index (χ0) is 16.4. The Morgan fingerprint density at radius 2 is 2.22 bits per heavy atom. The Morgan fingerprint density at radius 1 is 1.39 bits per heavy atom. The van der Waals surface area contributed by atoms with Crippen LogP contribution in [-0.4, -0.2) is 39.0 Å². The van der Waals surface area contributed by atoms with Crippen molar-refractivity contribution in [3.63, 3.8) is 0 Å². The van der Waals surface area contributed by atoms with Crippen LogP contribution in [0.3, 0.4) is 0 Å². The van der Waals surface area contributed by atoms with E-state index in [1.165, 1.54) is 0 Å². The fraction of sp³-hybridized carbons (Fsp3) is 0.529. The van der Waals surface area contributed by atoms with Crippen molar-refractivity contribution in [2.75, 3.05) is 13.1 Å². The maximum Gasteiger partial charge on any atom is 0.259 e. The third kappa shape index (κ3) is 3.11. The molecule has 0 saturated carbocycles. The molecule has 1 amide bonds. The average molecular weight is 314 g/mol. The Kier molecular flexibility index (Phi) is 4.41. The first-order chi connectivity index (χ1) is 11.1. The molecule has 3 heterocycles. The Balaban J connectivity index is 1.81. The highest BCUT2D eigenvalue weighted by Crippen LogP contribution is 2.27. The molecule has 122 valence electrons. The summed E-state index contributed by atoms with van der Waals surface area (Å²) in [6.07, 6.45) is 6.26. The Labute approximate surface area is 135 Å². The zero-order valence-corrected chi connectivity index (χ0v) is 13.9. The maximum absolute atomic E-state index is 12.9. The molecule has 2 aromatic heterocycles. The van der Waals surface area contributed by atoms with Gasteiger partial charge in [-0.05, 0) is 33.1 Å². The van der Waals surface area contributed by atoms with Gasteiger partial charge in [-0.1, -0.05) is 12.1 Å². The van der Waals surface area contributed by atoms with E-state index in [0.717, 1.165) is 36.5 Å². The number of carbonyl (C=O) groups is 1. The van der Waals surface area contributed by atoms with Crippen molar-refractivity contribution in [1.82, 2.24) is 20.0 Å². The number of aryl methyl sites for hydroxylation is 3. The van der Waals surface area contributed by atoms with E-state index in [-0.39, 0.29) is 11.8 Å². The van der Waals surface area contributed by atoms with E-state index in [1.807, 2.05) is 24.9 Å². The predicted octanol–water partition coefficient (Wildman–Crippen LogP) is 2.66. The van der Waals surface area contributed by atoms with E-state index in [9.17, 15) is 4.79 Å². The molecular weight excluding hydrogens is 292 g/mol. The molecule has 6 heteroatoms. The lowest BCUT2D eigenvalue weighted by Gasteiger charge is -2.32. The monoisotopic (exact) mass is 314 g/mol. The van der Waals surface area contributed by atoms with E-state index < -0.39 is 0 Å². The van der Waals surface area contributed by atoms with Crippen molar-refractivity contribution >= 4 is 5.91 Å². The van der Waals surface area contributed by atoms with E-state index in [1.54, 1.807) is 13.1 Å². The number of nitrogens with zero attached hydrogens (tertiary/aromatic N) is 4. The van der Waals surface area contributed by atoms with E-state index in [2.05, 4.69) is 15.1 Å². The van der Waals surface area contributed by atoms with Gasteiger partial charge in [0.2, 0.25) is 0 Å². The number of aromatic nitrogens is 3. The Bertz CT molecular complexity index is 710. The normalized spacial score (nSPS) is 18.2. The molecule has 3 rings (SSSR count). The summed E-state index contributed by atoms with van der Waals surface area (Å²) in [5, 5.41) is 3.99. The van der Waals surface area contributed by atoms with Crippen molar-refractivity contribution in [1.29, 1.82) is 0 Å². The van der Waals surface area contributed by atoms with Crippen molar-refractivity contribution in [3.05, 3.63) is 40.8 Å². The fourth-order valence-corrected chi connectivity index (χ4v) is 3.17. The predicted molar refractivity (Wildman–Crippen MR) is 85.3 cm³/mol. The number of likely N-dealkylation sites (tertiary alicyclic amines) is 1. The fourth-order valence-electron chi connectivity index (χ4n) is 3.17. The second kappa shape index (κ2) is 6.48. The Morgan fingerprint density at radius 3 is 2.96 bits per heavy atom. The van der Waals surface area contributed by atoms with Gasteiger partial charge < -0.3 is 9.42 Å². The topological polar surface area (TPSA) is 72.1 Å². The lowest BCUT2D eigenvalue weighted by Crippen LogP contribution is -2.39. The number of amides is 1. The lowest BCUT2D eigenvalue weighted by atomic mass is 9.94. The summed E-state index contributed by atoms with van der Waals surface area (Å²) in [6, 6.07) is 0. The van der Waals surface area contributed by atoms with Crippen LogP contribution in [0.2, 0.25) is 0 Å². The van der Waals surface area contributed by atoms with Gasteiger partial charge in [0.15, 0.2) is 0 Å². The number of piperidine rings is 1. The first-order valence-electron chi connectivity index (χ1n) is 8.13. The number of hydrogen-bond acceptors (Lipinski definition) is 5. The molecule has 0 N–H and O–H groups in total. The number of rotatable bonds is 3. The van der Waals surface area contributed by atoms with Crippen LogP contribution in [0.4, 0.5) is 0 Å². The van der Waals surface area contributed by atoms with Crippen molar-refractivity contribution in [3.8, 4) is 0 Å². The molecule has 23 heavy (non-hydrogen) atoms. The minimum Gasteiger partial charge on any atom is -0.361 e. The molecule has 1 atom stereocenters. The quantitative estimate of drug-likeness (QED) is 0.871. The average Bonchev–Trinajstić information content (AvgIpc) is 2.95. The van der Waals surface area contributed by atoms with Crippen molar-refractivity contribution in [2.45, 2.75) is 46.0 Å². The van der Waals surface area contributed by atoms with Gasteiger partial charge in [0, 0.05) is 31.4 Å². The summed E-state index contributed by atoms with van der Waals surface area (Å²) >= 11 is 0. The third-order valence-electron chi connectivity index (χ3n) is 4.38. The summed E-state index contributed by atoms with van der Waals surface area (Å²) in [4.78, 5) is 23.6. The molecule has 0 radical (unpaired) electrons. The highest BCUT2D eigenvalue weighted by molar-refractivity contribution is 5.96. The molecule has 6 nitrogen and oxygen atoms in total. The molecule has 1 aliphatic heterocycles. The van der Waals surface area contributed by atoms with Crippen molar-refractivity contribution < 1.29 is 9.32 Å². The van der Waals surface area contributed by atoms with Gasteiger partial charge in [-0.3, -0.25) is 14.8 Å². The molecule has 1 aliphatic rings. The summed E-state index contributed by atoms with van der Waals surface area (Å²) in [5.41, 5.74) is 3.25. The number of hydrogen-bond donors (Lipinski definition) is 0. The SMILES string of the molecule is CCc1noc(C)c1C(=O)N1CCC[C@@H](c2cncc(C)n2)C1. The van der Waals surface area contributed by atoms with Crippen LogP contribution in [0.1, 0.15) is 58.9 Å². The van der Waals surface area contributed by atoms with E-state index in [4.69, 9.17) is 4.52 Å². The van der Waals surface area contributed by atoms with Crippen LogP contribution in [0.25, 0.3) is 0 Å². The van der Waals surface area contributed by atoms with Gasteiger partial charge in [0.25, 0.3) is 5.91 Å². The smallest absolute Gasteiger partial charge is 0.259 e. The summed E-state index contributed by atoms with van der Waals surface area (Å²) in [5.74, 6) is 0.862. The molecule has 0 aromatic carbocycles. The van der Waals surface area contributed by atoms with E-state index in [0.29, 0.717) is 24.3 Å². The van der Waals surface area contributed by atoms with Gasteiger partial charge >= 0.3 is 0 Å². The second-order valence-electron chi connectivity index (χ2n) is 6.09. The van der Waals surface area contributed by atoms with Gasteiger partial charge in [0.1, 0.15) is 11.3 Å². The van der Waals surface area contributed by atoms with Gasteiger partial charge in [-0.2, -0.15) is 0 Å². The molecule has 0 spiro atoms. The van der Waals surface area contributed by atoms with Crippen LogP contribution in [0.5, 0.6) is 0 Å². The first kappa shape index (κ1) is 15.6. The van der Waals surface area contributed by atoms with Crippen molar-refractivity contribution in [2.24, 2.45) is 0 Å². The van der Waals surface area contributed by atoms with Crippen LogP contribution < -0.4 is 0 Å². The van der Waals surface area contributed by atoms with E-state index >= 15 is 0 Å². The van der Waals surface area contributed by atoms with Crippen LogP contribution in [0, 0.1) is 13.8 Å². The standard InChI is InChI=1S/C17H22N4O2/c1-4-14-16(12(3)23-20-14)17(22)21-7-5-6-13(10-21)15-9-18-8-11(2)19-15/h8-9,13H,4-7,10H2,1-3H3/t13-/m1/s1. The first-order valence-corrected chi connectivity index (χ1v) is 8.13. The van der Waals surface area contributed by atoms with Gasteiger partial charge in [0.05, 0.1) is 17.1 Å². The summed E-state index contributed by atoms with van der Waals surface area (Å²) in [7, 11) is 0. The summed E-state index contributed by atoms with van der Waals surface area (Å²) in [6.45, 7) is 7.16. The maximum atomic E-state index is 12.9. The molecule has 0 bridgehead atoms. The molecule has 1 fully saturated rings. The van der Waals surface area contributed by atoms with Crippen LogP contribution in [-0.2, 0) is 6.42 Å². The minimum atomic E-state index is 0.0194. The molecule has 0 unspecified atom stereocenters. The molecule has 0 aliphatic carbocycles. The summed E-state index contributed by atoms with van der Waals surface area (Å²) < 4.78 is 5.21. The molecule has 2 aromatic rings. The largest absolute Gasteiger partial charge is 0.361 e. The highest BCUT2D eigenvalue weighted by Gasteiger charge is 2.30. The minimum absolute atomic E-state index is 0.0194. The third-order valence-corrected chi connectivity index (χ3v) is 4.38. The Hall–Kier alpha value is -2.24. The van der Waals surface area contributed by atoms with Gasteiger partial charge in [-0.25, -0.2) is 0 Å². The molecule has 1 saturated heterocycles. The number of carbonyl (C=O) groups excluding carboxylic acids is 1. The molecular formula is C17H22N4O2. The van der Waals surface area contributed by atoms with Crippen LogP contribution in [0.15, 0.2) is 16.9 Å². The second-order valence-corrected chi connectivity index (χ2v) is 6.09. The zero-order valence-electron chi connectivity index (χ0n) is 13.9. The lowest BCUT2D eigenvalue weighted by molar-refractivity contribution is 0.0703. The van der Waals surface area contributed by atoms with Crippen LogP contribution >= 0.6 is 0 Å². The van der Waals surface area contributed by atoms with Gasteiger partial charge in [-0.15, -0.1) is 0 Å².